The first kappa shape index (κ1) is 8.45. The van der Waals surface area contributed by atoms with E-state index in [-0.39, 0.29) is 11.6 Å². The van der Waals surface area contributed by atoms with Crippen molar-refractivity contribution in [3.8, 4) is 0 Å². The average Bonchev–Trinajstić information content (AvgIpc) is 2.76. The van der Waals surface area contributed by atoms with Gasteiger partial charge in [0.2, 0.25) is 0 Å². The van der Waals surface area contributed by atoms with Gasteiger partial charge in [0.1, 0.15) is 0 Å². The molecule has 1 fully saturated rings. The van der Waals surface area contributed by atoms with Crippen LogP contribution in [0.2, 0.25) is 0 Å². The van der Waals surface area contributed by atoms with Gasteiger partial charge in [-0.1, -0.05) is 24.3 Å². The number of hydrogen-bond acceptors (Lipinski definition) is 2. The maximum Gasteiger partial charge on any atom is 0.0775 e. The summed E-state index contributed by atoms with van der Waals surface area (Å²) in [6, 6.07) is 8.48. The molecule has 1 saturated heterocycles. The van der Waals surface area contributed by atoms with E-state index in [1.54, 1.807) is 0 Å². The molecule has 2 nitrogen and oxygen atoms in total. The normalized spacial score (nSPS) is 35.1. The van der Waals surface area contributed by atoms with Crippen molar-refractivity contribution >= 4 is 0 Å². The molecule has 0 aromatic heterocycles. The van der Waals surface area contributed by atoms with Gasteiger partial charge in [-0.25, -0.2) is 0 Å². The minimum absolute atomic E-state index is 0.114. The summed E-state index contributed by atoms with van der Waals surface area (Å²) in [5.41, 5.74) is 2.61. The molecule has 74 valence electrons. The number of aryl methyl sites for hydroxylation is 1. The highest BCUT2D eigenvalue weighted by Crippen LogP contribution is 2.42. The van der Waals surface area contributed by atoms with Gasteiger partial charge in [0.25, 0.3) is 0 Å². The van der Waals surface area contributed by atoms with Crippen LogP contribution in [-0.2, 0) is 12.0 Å². The van der Waals surface area contributed by atoms with Crippen molar-refractivity contribution in [2.75, 3.05) is 6.54 Å². The van der Waals surface area contributed by atoms with Crippen LogP contribution in [0.4, 0.5) is 0 Å². The zero-order chi connectivity index (χ0) is 9.60. The molecule has 0 saturated carbocycles. The Morgan fingerprint density at radius 2 is 2.21 bits per heavy atom. The summed E-state index contributed by atoms with van der Waals surface area (Å²) in [7, 11) is 0. The van der Waals surface area contributed by atoms with E-state index in [1.807, 2.05) is 0 Å². The quantitative estimate of drug-likeness (QED) is 0.642. The zero-order valence-corrected chi connectivity index (χ0v) is 8.16. The third kappa shape index (κ3) is 0.928. The second kappa shape index (κ2) is 2.81. The fourth-order valence-electron chi connectivity index (χ4n) is 2.97. The van der Waals surface area contributed by atoms with Gasteiger partial charge in [-0.05, 0) is 36.9 Å². The van der Waals surface area contributed by atoms with Crippen molar-refractivity contribution in [3.05, 3.63) is 35.4 Å². The van der Waals surface area contributed by atoms with Crippen molar-refractivity contribution in [2.45, 2.75) is 30.9 Å². The van der Waals surface area contributed by atoms with Crippen LogP contribution >= 0.6 is 0 Å². The third-order valence-electron chi connectivity index (χ3n) is 3.71. The Bertz CT molecular complexity index is 363. The minimum Gasteiger partial charge on any atom is -0.391 e. The molecule has 14 heavy (non-hydrogen) atoms. The number of rotatable bonds is 0. The average molecular weight is 189 g/mol. The van der Waals surface area contributed by atoms with E-state index in [9.17, 15) is 5.11 Å². The molecule has 1 aromatic carbocycles. The number of aliphatic hydroxyl groups excluding tert-OH is 1. The topological polar surface area (TPSA) is 32.3 Å². The molecule has 1 aromatic rings. The molecule has 0 amide bonds. The van der Waals surface area contributed by atoms with Gasteiger partial charge >= 0.3 is 0 Å². The van der Waals surface area contributed by atoms with Gasteiger partial charge in [0.15, 0.2) is 0 Å². The van der Waals surface area contributed by atoms with Crippen LogP contribution in [0.1, 0.15) is 24.0 Å². The van der Waals surface area contributed by atoms with Gasteiger partial charge in [-0.15, -0.1) is 0 Å². The number of nitrogens with one attached hydrogen (secondary N) is 1. The summed E-state index contributed by atoms with van der Waals surface area (Å²) in [6.07, 6.45) is 2.83. The van der Waals surface area contributed by atoms with Gasteiger partial charge in [0, 0.05) is 0 Å². The SMILES string of the molecule is OC1CCNC12CCc1ccccc12. The van der Waals surface area contributed by atoms with E-state index in [2.05, 4.69) is 29.6 Å². The lowest BCUT2D eigenvalue weighted by atomic mass is 9.88. The lowest BCUT2D eigenvalue weighted by molar-refractivity contribution is 0.0967. The molecule has 2 unspecified atom stereocenters. The lowest BCUT2D eigenvalue weighted by Gasteiger charge is -2.29. The molecule has 1 heterocycles. The van der Waals surface area contributed by atoms with Gasteiger partial charge < -0.3 is 10.4 Å². The summed E-state index contributed by atoms with van der Waals surface area (Å²) >= 11 is 0. The number of hydrogen-bond donors (Lipinski definition) is 2. The van der Waals surface area contributed by atoms with E-state index in [0.717, 1.165) is 25.8 Å². The third-order valence-corrected chi connectivity index (χ3v) is 3.71. The summed E-state index contributed by atoms with van der Waals surface area (Å²) in [5.74, 6) is 0. The lowest BCUT2D eigenvalue weighted by Crippen LogP contribution is -2.42. The molecule has 1 aliphatic heterocycles. The smallest absolute Gasteiger partial charge is 0.0775 e. The molecule has 0 bridgehead atoms. The number of aliphatic hydroxyl groups is 1. The first-order valence-corrected chi connectivity index (χ1v) is 5.34. The molecule has 2 aliphatic rings. The van der Waals surface area contributed by atoms with Crippen LogP contribution in [0.15, 0.2) is 24.3 Å². The van der Waals surface area contributed by atoms with E-state index in [1.165, 1.54) is 11.1 Å². The monoisotopic (exact) mass is 189 g/mol. The van der Waals surface area contributed by atoms with Crippen LogP contribution in [0.3, 0.4) is 0 Å². The second-order valence-corrected chi connectivity index (χ2v) is 4.36. The maximum absolute atomic E-state index is 10.1. The molecule has 2 N–H and O–H groups in total. The molecule has 3 rings (SSSR count). The highest BCUT2D eigenvalue weighted by molar-refractivity contribution is 5.40. The Kier molecular flexibility index (Phi) is 1.70. The summed E-state index contributed by atoms with van der Waals surface area (Å²) in [6.45, 7) is 0.940. The zero-order valence-electron chi connectivity index (χ0n) is 8.16. The minimum atomic E-state index is -0.203. The molecular weight excluding hydrogens is 174 g/mol. The predicted molar refractivity (Wildman–Crippen MR) is 55.1 cm³/mol. The first-order chi connectivity index (χ1) is 6.83. The van der Waals surface area contributed by atoms with Crippen LogP contribution in [0.5, 0.6) is 0 Å². The highest BCUT2D eigenvalue weighted by atomic mass is 16.3. The van der Waals surface area contributed by atoms with Gasteiger partial charge in [0.05, 0.1) is 11.6 Å². The van der Waals surface area contributed by atoms with Crippen LogP contribution in [0, 0.1) is 0 Å². The van der Waals surface area contributed by atoms with Crippen LogP contribution < -0.4 is 5.32 Å². The summed E-state index contributed by atoms with van der Waals surface area (Å²) in [5, 5.41) is 13.6. The number of fused-ring (bicyclic) bond motifs is 2. The summed E-state index contributed by atoms with van der Waals surface area (Å²) in [4.78, 5) is 0. The number of benzene rings is 1. The van der Waals surface area contributed by atoms with Crippen molar-refractivity contribution < 1.29 is 5.11 Å². The first-order valence-electron chi connectivity index (χ1n) is 5.34. The molecular formula is C12H15NO. The van der Waals surface area contributed by atoms with Gasteiger partial charge in [-0.3, -0.25) is 0 Å². The van der Waals surface area contributed by atoms with Crippen molar-refractivity contribution in [3.63, 3.8) is 0 Å². The largest absolute Gasteiger partial charge is 0.391 e. The molecule has 2 heteroatoms. The second-order valence-electron chi connectivity index (χ2n) is 4.36. The van der Waals surface area contributed by atoms with E-state index in [4.69, 9.17) is 0 Å². The Balaban J connectivity index is 2.12. The van der Waals surface area contributed by atoms with Crippen LogP contribution in [0.25, 0.3) is 0 Å². The Labute approximate surface area is 84.0 Å². The standard InChI is InChI=1S/C12H15NO/c14-11-6-8-13-12(11)7-5-9-3-1-2-4-10(9)12/h1-4,11,13-14H,5-8H2. The van der Waals surface area contributed by atoms with Crippen LogP contribution in [-0.4, -0.2) is 17.8 Å². The van der Waals surface area contributed by atoms with E-state index >= 15 is 0 Å². The predicted octanol–water partition coefficient (Wildman–Crippen LogP) is 1.18. The molecule has 1 spiro atoms. The van der Waals surface area contributed by atoms with Crippen molar-refractivity contribution in [1.29, 1.82) is 0 Å². The maximum atomic E-state index is 10.1. The fraction of sp³-hybridized carbons (Fsp3) is 0.500. The van der Waals surface area contributed by atoms with Gasteiger partial charge in [-0.2, -0.15) is 0 Å². The van der Waals surface area contributed by atoms with Crippen molar-refractivity contribution in [2.24, 2.45) is 0 Å². The van der Waals surface area contributed by atoms with E-state index in [0.29, 0.717) is 0 Å². The fourth-order valence-corrected chi connectivity index (χ4v) is 2.97. The Morgan fingerprint density at radius 1 is 1.36 bits per heavy atom. The van der Waals surface area contributed by atoms with Crippen molar-refractivity contribution in [1.82, 2.24) is 5.32 Å². The summed E-state index contributed by atoms with van der Waals surface area (Å²) < 4.78 is 0. The molecule has 0 radical (unpaired) electrons. The Morgan fingerprint density at radius 3 is 3.00 bits per heavy atom. The molecule has 2 atom stereocenters. The Hall–Kier alpha value is -0.860. The highest BCUT2D eigenvalue weighted by Gasteiger charge is 2.46. The van der Waals surface area contributed by atoms with E-state index < -0.39 is 0 Å². The molecule has 1 aliphatic carbocycles.